The number of ether oxygens (including phenoxy) is 1. The van der Waals surface area contributed by atoms with Gasteiger partial charge in [-0.05, 0) is 45.4 Å². The van der Waals surface area contributed by atoms with Gasteiger partial charge in [-0.25, -0.2) is 0 Å². The third-order valence-electron chi connectivity index (χ3n) is 2.85. The fourth-order valence-electron chi connectivity index (χ4n) is 1.84. The molecule has 0 saturated carbocycles. The molecule has 98 valence electrons. The zero-order chi connectivity index (χ0) is 13.8. The van der Waals surface area contributed by atoms with Crippen molar-refractivity contribution in [1.82, 2.24) is 0 Å². The van der Waals surface area contributed by atoms with Gasteiger partial charge < -0.3 is 10.1 Å². The predicted octanol–water partition coefficient (Wildman–Crippen LogP) is 3.83. The Kier molecular flexibility index (Phi) is 5.01. The Morgan fingerprint density at radius 2 is 2.17 bits per heavy atom. The van der Waals surface area contributed by atoms with Crippen LogP contribution >= 0.6 is 11.6 Å². The lowest BCUT2D eigenvalue weighted by atomic mass is 9.99. The molecule has 0 bridgehead atoms. The largest absolute Gasteiger partial charge is 0.381 e. The molecule has 4 heteroatoms. The van der Waals surface area contributed by atoms with E-state index in [1.165, 1.54) is 0 Å². The molecule has 0 fully saturated rings. The second kappa shape index (κ2) is 6.08. The summed E-state index contributed by atoms with van der Waals surface area (Å²) < 4.78 is 5.40. The molecule has 1 aromatic carbocycles. The van der Waals surface area contributed by atoms with Crippen LogP contribution < -0.4 is 5.32 Å². The second-order valence-corrected chi connectivity index (χ2v) is 5.43. The first-order chi connectivity index (χ1) is 8.38. The van der Waals surface area contributed by atoms with Gasteiger partial charge in [0, 0.05) is 13.2 Å². The first-order valence-electron chi connectivity index (χ1n) is 5.89. The van der Waals surface area contributed by atoms with E-state index in [1.807, 2.05) is 19.9 Å². The maximum Gasteiger partial charge on any atom is 0.0992 e. The molecule has 0 aliphatic rings. The molecule has 3 nitrogen and oxygen atoms in total. The van der Waals surface area contributed by atoms with Crippen molar-refractivity contribution in [2.24, 2.45) is 0 Å². The van der Waals surface area contributed by atoms with Crippen molar-refractivity contribution in [1.29, 1.82) is 5.26 Å². The number of benzene rings is 1. The topological polar surface area (TPSA) is 45.0 Å². The van der Waals surface area contributed by atoms with Crippen LogP contribution in [0.25, 0.3) is 0 Å². The molecule has 0 spiro atoms. The van der Waals surface area contributed by atoms with Crippen LogP contribution in [-0.2, 0) is 4.74 Å². The minimum atomic E-state index is -0.175. The average Bonchev–Trinajstić information content (AvgIpc) is 2.31. The fourth-order valence-corrected chi connectivity index (χ4v) is 2.07. The number of halogens is 1. The lowest BCUT2D eigenvalue weighted by Crippen LogP contribution is -2.31. The van der Waals surface area contributed by atoms with Crippen LogP contribution in [0.3, 0.4) is 0 Å². The number of hydrogen-bond donors (Lipinski definition) is 1. The Morgan fingerprint density at radius 1 is 1.50 bits per heavy atom. The van der Waals surface area contributed by atoms with Crippen LogP contribution in [0, 0.1) is 11.3 Å². The van der Waals surface area contributed by atoms with Gasteiger partial charge in [0.05, 0.1) is 27.9 Å². The Bertz CT molecular complexity index is 452. The summed E-state index contributed by atoms with van der Waals surface area (Å²) in [6.07, 6.45) is 0.861. The van der Waals surface area contributed by atoms with E-state index in [1.54, 1.807) is 19.2 Å². The number of nitriles is 1. The highest BCUT2D eigenvalue weighted by Crippen LogP contribution is 2.25. The summed E-state index contributed by atoms with van der Waals surface area (Å²) in [5.74, 6) is 0. The number of hydrogen-bond acceptors (Lipinski definition) is 3. The van der Waals surface area contributed by atoms with Gasteiger partial charge in [-0.3, -0.25) is 0 Å². The van der Waals surface area contributed by atoms with Crippen molar-refractivity contribution < 1.29 is 4.74 Å². The van der Waals surface area contributed by atoms with Gasteiger partial charge in [-0.1, -0.05) is 11.6 Å². The molecule has 0 heterocycles. The van der Waals surface area contributed by atoms with Crippen LogP contribution in [-0.4, -0.2) is 18.8 Å². The summed E-state index contributed by atoms with van der Waals surface area (Å²) in [7, 11) is 1.71. The lowest BCUT2D eigenvalue weighted by Gasteiger charge is -2.27. The molecule has 0 aliphatic heterocycles. The molecule has 0 aliphatic carbocycles. The lowest BCUT2D eigenvalue weighted by molar-refractivity contribution is 0.0128. The Hall–Kier alpha value is -1.24. The van der Waals surface area contributed by atoms with Crippen LogP contribution in [0.4, 0.5) is 5.69 Å². The highest BCUT2D eigenvalue weighted by Gasteiger charge is 2.20. The van der Waals surface area contributed by atoms with Gasteiger partial charge in [0.15, 0.2) is 0 Å². The maximum atomic E-state index is 8.77. The number of nitrogens with zero attached hydrogens (tertiary/aromatic N) is 1. The fraction of sp³-hybridized carbons (Fsp3) is 0.500. The first kappa shape index (κ1) is 14.8. The molecular formula is C14H19ClN2O. The molecule has 1 unspecified atom stereocenters. The first-order valence-corrected chi connectivity index (χ1v) is 6.27. The molecule has 1 atom stereocenters. The van der Waals surface area contributed by atoms with Gasteiger partial charge in [-0.2, -0.15) is 5.26 Å². The molecule has 1 aromatic rings. The predicted molar refractivity (Wildman–Crippen MR) is 75.0 cm³/mol. The van der Waals surface area contributed by atoms with Gasteiger partial charge >= 0.3 is 0 Å². The van der Waals surface area contributed by atoms with Crippen LogP contribution in [0.1, 0.15) is 32.8 Å². The molecule has 0 radical (unpaired) electrons. The summed E-state index contributed by atoms with van der Waals surface area (Å²) in [6.45, 7) is 6.17. The SMILES string of the molecule is COC(C)(C)CC(C)Nc1ccc(C#N)cc1Cl. The number of rotatable bonds is 5. The van der Waals surface area contributed by atoms with Crippen molar-refractivity contribution in [3.63, 3.8) is 0 Å². The van der Waals surface area contributed by atoms with Crippen molar-refractivity contribution in [2.45, 2.75) is 38.8 Å². The van der Waals surface area contributed by atoms with E-state index in [9.17, 15) is 0 Å². The van der Waals surface area contributed by atoms with Crippen molar-refractivity contribution in [3.05, 3.63) is 28.8 Å². The monoisotopic (exact) mass is 266 g/mol. The highest BCUT2D eigenvalue weighted by molar-refractivity contribution is 6.33. The molecule has 0 aromatic heterocycles. The van der Waals surface area contributed by atoms with E-state index in [-0.39, 0.29) is 11.6 Å². The molecule has 0 amide bonds. The average molecular weight is 267 g/mol. The summed E-state index contributed by atoms with van der Waals surface area (Å²) >= 11 is 6.11. The van der Waals surface area contributed by atoms with Crippen LogP contribution in [0.15, 0.2) is 18.2 Å². The molecule has 1 rings (SSSR count). The summed E-state index contributed by atoms with van der Waals surface area (Å²) in [5.41, 5.74) is 1.23. The van der Waals surface area contributed by atoms with E-state index in [2.05, 4.69) is 18.3 Å². The van der Waals surface area contributed by atoms with Gasteiger partial charge in [0.25, 0.3) is 0 Å². The minimum Gasteiger partial charge on any atom is -0.381 e. The quantitative estimate of drug-likeness (QED) is 0.881. The number of nitrogens with one attached hydrogen (secondary N) is 1. The smallest absolute Gasteiger partial charge is 0.0992 e. The second-order valence-electron chi connectivity index (χ2n) is 5.02. The van der Waals surface area contributed by atoms with Crippen molar-refractivity contribution in [3.8, 4) is 6.07 Å². The summed E-state index contributed by atoms with van der Waals surface area (Å²) in [6, 6.07) is 7.54. The standard InChI is InChI=1S/C14H19ClN2O/c1-10(8-14(2,3)18-4)17-13-6-5-11(9-16)7-12(13)15/h5-7,10,17H,8H2,1-4H3. The molecular weight excluding hydrogens is 248 g/mol. The van der Waals surface area contributed by atoms with Gasteiger partial charge in [0.2, 0.25) is 0 Å². The minimum absolute atomic E-state index is 0.175. The van der Waals surface area contributed by atoms with Crippen LogP contribution in [0.2, 0.25) is 5.02 Å². The number of anilines is 1. The normalized spacial score (nSPS) is 12.9. The van der Waals surface area contributed by atoms with Gasteiger partial charge in [-0.15, -0.1) is 0 Å². The van der Waals surface area contributed by atoms with E-state index in [4.69, 9.17) is 21.6 Å². The van der Waals surface area contributed by atoms with E-state index < -0.39 is 0 Å². The van der Waals surface area contributed by atoms with Crippen molar-refractivity contribution >= 4 is 17.3 Å². The van der Waals surface area contributed by atoms with E-state index >= 15 is 0 Å². The molecule has 1 N–H and O–H groups in total. The third-order valence-corrected chi connectivity index (χ3v) is 3.16. The molecule has 0 saturated heterocycles. The highest BCUT2D eigenvalue weighted by atomic mass is 35.5. The molecule has 18 heavy (non-hydrogen) atoms. The zero-order valence-electron chi connectivity index (χ0n) is 11.2. The summed E-state index contributed by atoms with van der Waals surface area (Å²) in [5, 5.41) is 12.7. The van der Waals surface area contributed by atoms with E-state index in [0.29, 0.717) is 10.6 Å². The Labute approximate surface area is 114 Å². The zero-order valence-corrected chi connectivity index (χ0v) is 12.0. The third kappa shape index (κ3) is 4.21. The van der Waals surface area contributed by atoms with Gasteiger partial charge in [0.1, 0.15) is 0 Å². The Balaban J connectivity index is 2.71. The number of methoxy groups -OCH3 is 1. The summed E-state index contributed by atoms with van der Waals surface area (Å²) in [4.78, 5) is 0. The maximum absolute atomic E-state index is 8.77. The van der Waals surface area contributed by atoms with E-state index in [0.717, 1.165) is 12.1 Å². The van der Waals surface area contributed by atoms with Crippen LogP contribution in [0.5, 0.6) is 0 Å². The Morgan fingerprint density at radius 3 is 2.67 bits per heavy atom. The van der Waals surface area contributed by atoms with Crippen molar-refractivity contribution in [2.75, 3.05) is 12.4 Å².